The van der Waals surface area contributed by atoms with Crippen molar-refractivity contribution in [2.45, 2.75) is 26.4 Å². The van der Waals surface area contributed by atoms with E-state index in [0.29, 0.717) is 0 Å². The second kappa shape index (κ2) is 5.91. The first kappa shape index (κ1) is 14.6. The maximum atomic E-state index is 12.7. The summed E-state index contributed by atoms with van der Waals surface area (Å²) in [6.45, 7) is 5.51. The molecule has 0 unspecified atom stereocenters. The number of nitrogens with zero attached hydrogens (tertiary/aromatic N) is 3. The summed E-state index contributed by atoms with van der Waals surface area (Å²) in [4.78, 5) is 19.9. The van der Waals surface area contributed by atoms with Crippen LogP contribution in [0.4, 0.5) is 0 Å². The summed E-state index contributed by atoms with van der Waals surface area (Å²) in [6.07, 6.45) is 0.827. The van der Waals surface area contributed by atoms with Crippen LogP contribution in [0.15, 0.2) is 40.5 Å². The number of fused-ring (bicyclic) bond motifs is 2. The average Bonchev–Trinajstić information content (AvgIpc) is 2.81. The van der Waals surface area contributed by atoms with Crippen molar-refractivity contribution in [2.24, 2.45) is 0 Å². The summed E-state index contributed by atoms with van der Waals surface area (Å²) in [5.74, 6) is 0.930. The lowest BCUT2D eigenvalue weighted by molar-refractivity contribution is 0.271. The molecule has 0 bridgehead atoms. The molecule has 0 aliphatic carbocycles. The third-order valence-electron chi connectivity index (χ3n) is 4.47. The molecule has 0 N–H and O–H groups in total. The number of aryl methyl sites for hydroxylation is 1. The van der Waals surface area contributed by atoms with E-state index < -0.39 is 0 Å². The van der Waals surface area contributed by atoms with Crippen molar-refractivity contribution in [2.75, 3.05) is 13.1 Å². The largest absolute Gasteiger partial charge is 0.297 e. The second-order valence-corrected chi connectivity index (χ2v) is 6.97. The summed E-state index contributed by atoms with van der Waals surface area (Å²) in [5.41, 5.74) is 3.44. The second-order valence-electron chi connectivity index (χ2n) is 6.09. The van der Waals surface area contributed by atoms with Crippen molar-refractivity contribution < 1.29 is 0 Å². The maximum absolute atomic E-state index is 12.7. The van der Waals surface area contributed by atoms with Crippen LogP contribution in [-0.2, 0) is 19.5 Å². The highest BCUT2D eigenvalue weighted by Crippen LogP contribution is 2.21. The first-order chi connectivity index (χ1) is 11.2. The third kappa shape index (κ3) is 2.71. The Hall–Kier alpha value is -1.98. The Kier molecular flexibility index (Phi) is 3.75. The molecule has 0 fully saturated rings. The molecular weight excluding hydrogens is 306 g/mol. The van der Waals surface area contributed by atoms with Crippen LogP contribution in [0.5, 0.6) is 0 Å². The number of aromatic nitrogens is 2. The lowest BCUT2D eigenvalue weighted by Crippen LogP contribution is -2.28. The van der Waals surface area contributed by atoms with E-state index in [1.807, 2.05) is 22.9 Å². The molecule has 0 radical (unpaired) electrons. The molecule has 0 spiro atoms. The van der Waals surface area contributed by atoms with Crippen LogP contribution in [0.25, 0.3) is 10.2 Å². The van der Waals surface area contributed by atoms with Gasteiger partial charge in [0.1, 0.15) is 10.5 Å². The number of thiophene rings is 1. The standard InChI is InChI=1S/C18H19N3OS/c1-13-12-23-17-16(13)19-15-7-8-20(9-10-21(15)18(17)22)11-14-5-3-2-4-6-14/h2-6,12H,7-11H2,1H3. The van der Waals surface area contributed by atoms with E-state index in [9.17, 15) is 4.79 Å². The van der Waals surface area contributed by atoms with Gasteiger partial charge < -0.3 is 0 Å². The van der Waals surface area contributed by atoms with Gasteiger partial charge in [0, 0.05) is 32.6 Å². The van der Waals surface area contributed by atoms with Gasteiger partial charge in [-0.05, 0) is 23.4 Å². The first-order valence-electron chi connectivity index (χ1n) is 7.96. The first-order valence-corrected chi connectivity index (χ1v) is 8.84. The van der Waals surface area contributed by atoms with Crippen molar-refractivity contribution in [1.82, 2.24) is 14.5 Å². The van der Waals surface area contributed by atoms with Crippen LogP contribution in [0.2, 0.25) is 0 Å². The van der Waals surface area contributed by atoms with Crippen molar-refractivity contribution in [3.8, 4) is 0 Å². The lowest BCUT2D eigenvalue weighted by atomic mass is 10.2. The molecule has 0 saturated carbocycles. The summed E-state index contributed by atoms with van der Waals surface area (Å²) >= 11 is 1.51. The van der Waals surface area contributed by atoms with Gasteiger partial charge in [-0.1, -0.05) is 30.3 Å². The van der Waals surface area contributed by atoms with Gasteiger partial charge in [0.05, 0.1) is 5.52 Å². The number of hydrogen-bond donors (Lipinski definition) is 0. The van der Waals surface area contributed by atoms with Crippen LogP contribution in [0.3, 0.4) is 0 Å². The molecule has 3 aromatic rings. The molecule has 0 amide bonds. The number of benzene rings is 1. The van der Waals surface area contributed by atoms with Gasteiger partial charge in [-0.3, -0.25) is 14.3 Å². The van der Waals surface area contributed by atoms with E-state index in [0.717, 1.165) is 54.2 Å². The van der Waals surface area contributed by atoms with Gasteiger partial charge in [0.15, 0.2) is 0 Å². The van der Waals surface area contributed by atoms with Gasteiger partial charge in [0.2, 0.25) is 0 Å². The Balaban J connectivity index is 1.63. The van der Waals surface area contributed by atoms with Crippen molar-refractivity contribution >= 4 is 21.6 Å². The SMILES string of the molecule is Cc1csc2c(=O)n3c(nc12)CCN(Cc1ccccc1)CC3. The van der Waals surface area contributed by atoms with Crippen molar-refractivity contribution in [1.29, 1.82) is 0 Å². The number of rotatable bonds is 2. The molecule has 0 atom stereocenters. The van der Waals surface area contributed by atoms with Crippen molar-refractivity contribution in [3.05, 3.63) is 63.0 Å². The Labute approximate surface area is 139 Å². The zero-order valence-electron chi connectivity index (χ0n) is 13.2. The summed E-state index contributed by atoms with van der Waals surface area (Å²) in [6, 6.07) is 10.5. The molecule has 4 nitrogen and oxygen atoms in total. The fourth-order valence-corrected chi connectivity index (χ4v) is 4.13. The normalized spacial score (nSPS) is 15.5. The quantitative estimate of drug-likeness (QED) is 0.727. The molecule has 118 valence electrons. The van der Waals surface area contributed by atoms with Crippen LogP contribution < -0.4 is 5.56 Å². The zero-order valence-corrected chi connectivity index (χ0v) is 14.0. The third-order valence-corrected chi connectivity index (χ3v) is 5.55. The Morgan fingerprint density at radius 1 is 1.17 bits per heavy atom. The van der Waals surface area contributed by atoms with E-state index in [1.165, 1.54) is 16.9 Å². The molecule has 1 aliphatic rings. The molecule has 5 heteroatoms. The average molecular weight is 325 g/mol. The minimum absolute atomic E-state index is 0.129. The highest BCUT2D eigenvalue weighted by Gasteiger charge is 2.19. The van der Waals surface area contributed by atoms with Crippen LogP contribution in [-0.4, -0.2) is 27.5 Å². The van der Waals surface area contributed by atoms with Gasteiger partial charge in [0.25, 0.3) is 5.56 Å². The molecule has 3 heterocycles. The van der Waals surface area contributed by atoms with E-state index in [2.05, 4.69) is 29.2 Å². The van der Waals surface area contributed by atoms with Gasteiger partial charge >= 0.3 is 0 Å². The summed E-state index contributed by atoms with van der Waals surface area (Å²) in [7, 11) is 0. The molecule has 1 aromatic carbocycles. The number of hydrogen-bond acceptors (Lipinski definition) is 4. The summed E-state index contributed by atoms with van der Waals surface area (Å²) < 4.78 is 2.67. The summed E-state index contributed by atoms with van der Waals surface area (Å²) in [5, 5.41) is 2.03. The van der Waals surface area contributed by atoms with Gasteiger partial charge in [-0.25, -0.2) is 4.98 Å². The Bertz CT molecular complexity index is 898. The van der Waals surface area contributed by atoms with Crippen molar-refractivity contribution in [3.63, 3.8) is 0 Å². The molecule has 2 aromatic heterocycles. The van der Waals surface area contributed by atoms with Gasteiger partial charge in [-0.15, -0.1) is 11.3 Å². The van der Waals surface area contributed by atoms with E-state index in [-0.39, 0.29) is 5.56 Å². The monoisotopic (exact) mass is 325 g/mol. The topological polar surface area (TPSA) is 38.1 Å². The minimum atomic E-state index is 0.129. The van der Waals surface area contributed by atoms with Crippen LogP contribution in [0, 0.1) is 6.92 Å². The molecule has 23 heavy (non-hydrogen) atoms. The predicted octanol–water partition coefficient (Wildman–Crippen LogP) is 2.82. The highest BCUT2D eigenvalue weighted by atomic mass is 32.1. The molecular formula is C18H19N3OS. The fourth-order valence-electron chi connectivity index (χ4n) is 3.19. The predicted molar refractivity (Wildman–Crippen MR) is 94.0 cm³/mol. The Morgan fingerprint density at radius 3 is 2.83 bits per heavy atom. The zero-order chi connectivity index (χ0) is 15.8. The van der Waals surface area contributed by atoms with E-state index in [4.69, 9.17) is 4.98 Å². The van der Waals surface area contributed by atoms with E-state index in [1.54, 1.807) is 0 Å². The molecule has 1 aliphatic heterocycles. The highest BCUT2D eigenvalue weighted by molar-refractivity contribution is 7.17. The lowest BCUT2D eigenvalue weighted by Gasteiger charge is -2.19. The van der Waals surface area contributed by atoms with Crippen LogP contribution >= 0.6 is 11.3 Å². The molecule has 4 rings (SSSR count). The maximum Gasteiger partial charge on any atom is 0.271 e. The van der Waals surface area contributed by atoms with Gasteiger partial charge in [-0.2, -0.15) is 0 Å². The van der Waals surface area contributed by atoms with Crippen LogP contribution in [0.1, 0.15) is 17.0 Å². The Morgan fingerprint density at radius 2 is 2.00 bits per heavy atom. The fraction of sp³-hybridized carbons (Fsp3) is 0.333. The van der Waals surface area contributed by atoms with E-state index >= 15 is 0 Å². The molecule has 0 saturated heterocycles. The smallest absolute Gasteiger partial charge is 0.271 e. The minimum Gasteiger partial charge on any atom is -0.297 e.